The molecule has 28 heavy (non-hydrogen) atoms. The predicted octanol–water partition coefficient (Wildman–Crippen LogP) is 4.31. The summed E-state index contributed by atoms with van der Waals surface area (Å²) in [5.74, 6) is 0. The lowest BCUT2D eigenvalue weighted by Crippen LogP contribution is -2.40. The molecule has 0 N–H and O–H groups in total. The molecule has 1 fully saturated rings. The van der Waals surface area contributed by atoms with E-state index in [1.165, 1.54) is 5.57 Å². The van der Waals surface area contributed by atoms with E-state index in [0.29, 0.717) is 19.6 Å². The highest BCUT2D eigenvalue weighted by molar-refractivity contribution is 5.68. The van der Waals surface area contributed by atoms with E-state index >= 15 is 0 Å². The maximum Gasteiger partial charge on any atom is 0.410 e. The highest BCUT2D eigenvalue weighted by Crippen LogP contribution is 2.21. The van der Waals surface area contributed by atoms with Gasteiger partial charge in [0.25, 0.3) is 5.56 Å². The van der Waals surface area contributed by atoms with Gasteiger partial charge in [-0.25, -0.2) is 4.79 Å². The zero-order chi connectivity index (χ0) is 20.1. The highest BCUT2D eigenvalue weighted by atomic mass is 16.6. The summed E-state index contributed by atoms with van der Waals surface area (Å²) in [4.78, 5) is 25.8. The smallest absolute Gasteiger partial charge is 0.410 e. The predicted molar refractivity (Wildman–Crippen MR) is 111 cm³/mol. The van der Waals surface area contributed by atoms with Crippen molar-refractivity contribution in [3.05, 3.63) is 75.7 Å². The van der Waals surface area contributed by atoms with Gasteiger partial charge in [-0.05, 0) is 50.8 Å². The number of pyridine rings is 1. The largest absolute Gasteiger partial charge is 0.444 e. The third-order valence-corrected chi connectivity index (χ3v) is 4.66. The summed E-state index contributed by atoms with van der Waals surface area (Å²) >= 11 is 0. The number of likely N-dealkylation sites (tertiary alicyclic amines) is 1. The molecular weight excluding hydrogens is 352 g/mol. The van der Waals surface area contributed by atoms with Crippen LogP contribution in [-0.2, 0) is 11.3 Å². The molecule has 3 rings (SSSR count). The van der Waals surface area contributed by atoms with Gasteiger partial charge in [0, 0.05) is 25.4 Å². The van der Waals surface area contributed by atoms with Crippen LogP contribution in [0.15, 0.2) is 59.0 Å². The highest BCUT2D eigenvalue weighted by Gasteiger charge is 2.24. The molecule has 1 aromatic heterocycles. The normalized spacial score (nSPS) is 14.7. The quantitative estimate of drug-likeness (QED) is 0.797. The van der Waals surface area contributed by atoms with Crippen LogP contribution < -0.4 is 5.56 Å². The number of ether oxygens (including phenoxy) is 1. The van der Waals surface area contributed by atoms with Gasteiger partial charge in [0.05, 0.1) is 6.54 Å². The number of hydrogen-bond acceptors (Lipinski definition) is 3. The van der Waals surface area contributed by atoms with E-state index in [1.807, 2.05) is 26.8 Å². The van der Waals surface area contributed by atoms with Crippen LogP contribution >= 0.6 is 0 Å². The Bertz CT molecular complexity index is 894. The van der Waals surface area contributed by atoms with Crippen molar-refractivity contribution < 1.29 is 9.53 Å². The molecule has 0 bridgehead atoms. The van der Waals surface area contributed by atoms with E-state index in [2.05, 4.69) is 30.3 Å². The Morgan fingerprint density at radius 2 is 1.75 bits per heavy atom. The molecule has 148 valence electrons. The Labute approximate surface area is 166 Å². The summed E-state index contributed by atoms with van der Waals surface area (Å²) in [5, 5.41) is 0. The van der Waals surface area contributed by atoms with E-state index in [1.54, 1.807) is 27.8 Å². The molecule has 1 saturated heterocycles. The van der Waals surface area contributed by atoms with Gasteiger partial charge in [-0.15, -0.1) is 0 Å². The van der Waals surface area contributed by atoms with Crippen LogP contribution in [0.1, 0.15) is 44.7 Å². The van der Waals surface area contributed by atoms with Crippen molar-refractivity contribution in [3.63, 3.8) is 0 Å². The maximum atomic E-state index is 12.2. The van der Waals surface area contributed by atoms with Gasteiger partial charge in [0.15, 0.2) is 0 Å². The van der Waals surface area contributed by atoms with Crippen molar-refractivity contribution >= 4 is 12.2 Å². The average Bonchev–Trinajstić information content (AvgIpc) is 2.64. The van der Waals surface area contributed by atoms with E-state index in [4.69, 9.17) is 4.74 Å². The molecule has 2 heterocycles. The minimum Gasteiger partial charge on any atom is -0.444 e. The first-order chi connectivity index (χ1) is 13.3. The number of benzene rings is 1. The lowest BCUT2D eigenvalue weighted by Gasteiger charge is -2.31. The van der Waals surface area contributed by atoms with Gasteiger partial charge >= 0.3 is 6.09 Å². The van der Waals surface area contributed by atoms with E-state index in [9.17, 15) is 9.59 Å². The summed E-state index contributed by atoms with van der Waals surface area (Å²) in [6.45, 7) is 7.61. The number of nitrogens with zero attached hydrogens (tertiary/aromatic N) is 2. The summed E-state index contributed by atoms with van der Waals surface area (Å²) in [6.07, 6.45) is 5.50. The molecule has 2 aromatic rings. The summed E-state index contributed by atoms with van der Waals surface area (Å²) in [5.41, 5.74) is 3.12. The average molecular weight is 380 g/mol. The van der Waals surface area contributed by atoms with Gasteiger partial charge < -0.3 is 14.2 Å². The van der Waals surface area contributed by atoms with Crippen LogP contribution in [0.5, 0.6) is 0 Å². The Morgan fingerprint density at radius 3 is 2.36 bits per heavy atom. The number of carbonyl (C=O) groups is 1. The van der Waals surface area contributed by atoms with Crippen LogP contribution in [0.2, 0.25) is 0 Å². The van der Waals surface area contributed by atoms with Gasteiger partial charge in [-0.2, -0.15) is 0 Å². The Balaban J connectivity index is 1.57. The zero-order valence-electron chi connectivity index (χ0n) is 16.9. The Morgan fingerprint density at radius 1 is 1.07 bits per heavy atom. The number of hydrogen-bond donors (Lipinski definition) is 0. The van der Waals surface area contributed by atoms with Crippen LogP contribution in [-0.4, -0.2) is 34.3 Å². The summed E-state index contributed by atoms with van der Waals surface area (Å²) in [7, 11) is 0. The Kier molecular flexibility index (Phi) is 6.02. The number of carbonyl (C=O) groups excluding carboxylic acids is 1. The molecule has 1 amide bonds. The second-order valence-electron chi connectivity index (χ2n) is 8.18. The lowest BCUT2D eigenvalue weighted by atomic mass is 10.0. The maximum absolute atomic E-state index is 12.2. The number of rotatable bonds is 3. The fraction of sp³-hybridized carbons (Fsp3) is 0.391. The van der Waals surface area contributed by atoms with Crippen molar-refractivity contribution in [1.29, 1.82) is 0 Å². The number of amides is 1. The van der Waals surface area contributed by atoms with Crippen LogP contribution in [0.4, 0.5) is 4.79 Å². The van der Waals surface area contributed by atoms with Crippen molar-refractivity contribution in [2.45, 2.75) is 45.8 Å². The fourth-order valence-electron chi connectivity index (χ4n) is 3.19. The van der Waals surface area contributed by atoms with Gasteiger partial charge in [-0.3, -0.25) is 4.79 Å². The standard InChI is InChI=1S/C23H28N2O3/c1-23(2,3)28-22(27)24-14-11-19(12-15-24)16-18-7-9-20(10-8-18)17-25-13-5-4-6-21(25)26/h4-10,13,16H,11-12,14-15,17H2,1-3H3. The second-order valence-corrected chi connectivity index (χ2v) is 8.18. The van der Waals surface area contributed by atoms with Crippen LogP contribution in [0.3, 0.4) is 0 Å². The first-order valence-electron chi connectivity index (χ1n) is 9.72. The topological polar surface area (TPSA) is 51.5 Å². The molecule has 0 atom stereocenters. The van der Waals surface area contributed by atoms with Gasteiger partial charge in [0.2, 0.25) is 0 Å². The van der Waals surface area contributed by atoms with Crippen LogP contribution in [0, 0.1) is 0 Å². The Hall–Kier alpha value is -2.82. The lowest BCUT2D eigenvalue weighted by molar-refractivity contribution is 0.0237. The van der Waals surface area contributed by atoms with E-state index in [-0.39, 0.29) is 11.7 Å². The second kappa shape index (κ2) is 8.46. The molecule has 0 radical (unpaired) electrons. The summed E-state index contributed by atoms with van der Waals surface area (Å²) < 4.78 is 7.14. The number of aromatic nitrogens is 1. The van der Waals surface area contributed by atoms with Crippen molar-refractivity contribution in [2.75, 3.05) is 13.1 Å². The first kappa shape index (κ1) is 19.9. The third kappa shape index (κ3) is 5.59. The van der Waals surface area contributed by atoms with Gasteiger partial charge in [0.1, 0.15) is 5.60 Å². The van der Waals surface area contributed by atoms with Crippen molar-refractivity contribution in [1.82, 2.24) is 9.47 Å². The van der Waals surface area contributed by atoms with Gasteiger partial charge in [-0.1, -0.05) is 42.0 Å². The zero-order valence-corrected chi connectivity index (χ0v) is 16.9. The van der Waals surface area contributed by atoms with Crippen molar-refractivity contribution in [2.24, 2.45) is 0 Å². The molecular formula is C23H28N2O3. The number of piperidine rings is 1. The molecule has 0 spiro atoms. The molecule has 1 aromatic carbocycles. The molecule has 0 aliphatic carbocycles. The first-order valence-corrected chi connectivity index (χ1v) is 9.72. The minimum atomic E-state index is -0.458. The third-order valence-electron chi connectivity index (χ3n) is 4.66. The molecule has 5 heteroatoms. The molecule has 0 unspecified atom stereocenters. The van der Waals surface area contributed by atoms with Crippen molar-refractivity contribution in [3.8, 4) is 0 Å². The van der Waals surface area contributed by atoms with E-state index in [0.717, 1.165) is 24.0 Å². The molecule has 0 saturated carbocycles. The SMILES string of the molecule is CC(C)(C)OC(=O)N1CCC(=Cc2ccc(Cn3ccccc3=O)cc2)CC1. The monoisotopic (exact) mass is 380 g/mol. The fourth-order valence-corrected chi connectivity index (χ4v) is 3.19. The molecule has 5 nitrogen and oxygen atoms in total. The summed E-state index contributed by atoms with van der Waals surface area (Å²) in [6, 6.07) is 13.5. The molecule has 1 aliphatic heterocycles. The van der Waals surface area contributed by atoms with E-state index < -0.39 is 5.60 Å². The minimum absolute atomic E-state index is 0.00504. The molecule has 1 aliphatic rings. The van der Waals surface area contributed by atoms with Crippen LogP contribution in [0.25, 0.3) is 6.08 Å².